The number of thioether (sulfide) groups is 1. The van der Waals surface area contributed by atoms with E-state index in [1.165, 1.54) is 11.8 Å². The van der Waals surface area contributed by atoms with Crippen molar-refractivity contribution in [2.24, 2.45) is 0 Å². The molecule has 0 aliphatic rings. The van der Waals surface area contributed by atoms with Crippen molar-refractivity contribution in [3.63, 3.8) is 0 Å². The summed E-state index contributed by atoms with van der Waals surface area (Å²) in [6, 6.07) is 15.7. The van der Waals surface area contributed by atoms with Gasteiger partial charge in [-0.25, -0.2) is 19.9 Å². The highest BCUT2D eigenvalue weighted by molar-refractivity contribution is 7.98. The molecule has 0 atom stereocenters. The number of aromatic nitrogens is 6. The van der Waals surface area contributed by atoms with Crippen LogP contribution in [0.3, 0.4) is 0 Å². The van der Waals surface area contributed by atoms with Crippen molar-refractivity contribution in [1.29, 1.82) is 0 Å². The van der Waals surface area contributed by atoms with E-state index >= 15 is 0 Å². The molecule has 0 spiro atoms. The first-order valence-corrected chi connectivity index (χ1v) is 9.44. The van der Waals surface area contributed by atoms with E-state index in [1.807, 2.05) is 55.5 Å². The van der Waals surface area contributed by atoms with Gasteiger partial charge in [-0.15, -0.1) is 5.10 Å². The summed E-state index contributed by atoms with van der Waals surface area (Å²) >= 11 is 1.52. The molecule has 5 aromatic rings. The normalized spacial score (nSPS) is 11.6. The van der Waals surface area contributed by atoms with Crippen molar-refractivity contribution in [1.82, 2.24) is 29.5 Å². The van der Waals surface area contributed by atoms with E-state index in [2.05, 4.69) is 20.1 Å². The van der Waals surface area contributed by atoms with Gasteiger partial charge in [0.05, 0.1) is 16.8 Å². The number of fused-ring (bicyclic) bond motifs is 4. The van der Waals surface area contributed by atoms with Gasteiger partial charge in [0, 0.05) is 10.8 Å². The topological polar surface area (TPSA) is 94.9 Å². The van der Waals surface area contributed by atoms with Gasteiger partial charge in [0.15, 0.2) is 10.8 Å². The van der Waals surface area contributed by atoms with Crippen molar-refractivity contribution in [3.8, 4) is 0 Å². The second-order valence-corrected chi connectivity index (χ2v) is 7.08. The highest BCUT2D eigenvalue weighted by Crippen LogP contribution is 2.26. The second-order valence-electron chi connectivity index (χ2n) is 6.14. The highest BCUT2D eigenvalue weighted by atomic mass is 32.2. The molecule has 0 aliphatic carbocycles. The Kier molecular flexibility index (Phi) is 3.64. The van der Waals surface area contributed by atoms with E-state index in [0.717, 1.165) is 32.6 Å². The maximum atomic E-state index is 6.09. The largest absolute Gasteiger partial charge is 0.383 e. The van der Waals surface area contributed by atoms with Gasteiger partial charge in [-0.2, -0.15) is 4.52 Å². The number of nitrogen functional groups attached to an aromatic ring is 1. The first-order chi connectivity index (χ1) is 13.2. The minimum atomic E-state index is 0.490. The number of hydrogen-bond donors (Lipinski definition) is 1. The van der Waals surface area contributed by atoms with Crippen molar-refractivity contribution in [3.05, 3.63) is 60.2 Å². The van der Waals surface area contributed by atoms with Crippen molar-refractivity contribution in [2.75, 3.05) is 5.73 Å². The zero-order valence-electron chi connectivity index (χ0n) is 14.5. The smallest absolute Gasteiger partial charge is 0.192 e. The minimum absolute atomic E-state index is 0.490. The minimum Gasteiger partial charge on any atom is -0.383 e. The van der Waals surface area contributed by atoms with Crippen molar-refractivity contribution in [2.45, 2.75) is 17.8 Å². The van der Waals surface area contributed by atoms with Gasteiger partial charge < -0.3 is 5.73 Å². The van der Waals surface area contributed by atoms with Crippen LogP contribution in [0.2, 0.25) is 0 Å². The number of nitrogens with zero attached hydrogens (tertiary/aromatic N) is 6. The van der Waals surface area contributed by atoms with E-state index in [4.69, 9.17) is 10.7 Å². The van der Waals surface area contributed by atoms with E-state index in [9.17, 15) is 0 Å². The van der Waals surface area contributed by atoms with Crippen LogP contribution < -0.4 is 5.73 Å². The maximum absolute atomic E-state index is 6.09. The summed E-state index contributed by atoms with van der Waals surface area (Å²) in [6.45, 7) is 1.88. The first-order valence-electron chi connectivity index (χ1n) is 8.45. The third kappa shape index (κ3) is 2.74. The molecule has 5 rings (SSSR count). The second kappa shape index (κ2) is 6.17. The van der Waals surface area contributed by atoms with E-state index < -0.39 is 0 Å². The Labute approximate surface area is 158 Å². The molecule has 2 aromatic carbocycles. The molecule has 0 saturated heterocycles. The van der Waals surface area contributed by atoms with E-state index in [1.54, 1.807) is 4.52 Å². The number of hydrogen-bond acceptors (Lipinski definition) is 7. The van der Waals surface area contributed by atoms with Gasteiger partial charge in [0.2, 0.25) is 0 Å². The highest BCUT2D eigenvalue weighted by Gasteiger charge is 2.13. The molecule has 27 heavy (non-hydrogen) atoms. The predicted octanol–water partition coefficient (Wildman–Crippen LogP) is 3.40. The fourth-order valence-electron chi connectivity index (χ4n) is 3.07. The number of nitrogens with two attached hydrogens (primary N) is 1. The lowest BCUT2D eigenvalue weighted by Crippen LogP contribution is -2.02. The molecular formula is C19H15N7S. The number of benzene rings is 2. The van der Waals surface area contributed by atoms with Crippen LogP contribution in [0.4, 0.5) is 5.82 Å². The van der Waals surface area contributed by atoms with Crippen molar-refractivity contribution >= 4 is 45.0 Å². The van der Waals surface area contributed by atoms with Gasteiger partial charge in [-0.1, -0.05) is 36.0 Å². The van der Waals surface area contributed by atoms with E-state index in [0.29, 0.717) is 23.2 Å². The number of rotatable bonds is 3. The fraction of sp³-hybridized carbons (Fsp3) is 0.105. The van der Waals surface area contributed by atoms with Gasteiger partial charge in [-0.3, -0.25) is 0 Å². The Morgan fingerprint density at radius 1 is 0.889 bits per heavy atom. The summed E-state index contributed by atoms with van der Waals surface area (Å²) in [5, 5.41) is 7.09. The lowest BCUT2D eigenvalue weighted by atomic mass is 10.2. The van der Waals surface area contributed by atoms with Crippen LogP contribution >= 0.6 is 11.8 Å². The summed E-state index contributed by atoms with van der Waals surface area (Å²) < 4.78 is 1.78. The number of aryl methyl sites for hydroxylation is 1. The quantitative estimate of drug-likeness (QED) is 0.382. The molecule has 0 bridgehead atoms. The summed E-state index contributed by atoms with van der Waals surface area (Å²) in [5.74, 6) is 2.40. The molecule has 0 aliphatic heterocycles. The van der Waals surface area contributed by atoms with Gasteiger partial charge in [0.25, 0.3) is 0 Å². The van der Waals surface area contributed by atoms with Crippen LogP contribution in [-0.4, -0.2) is 29.5 Å². The molecule has 0 amide bonds. The Morgan fingerprint density at radius 3 is 2.41 bits per heavy atom. The molecule has 2 N–H and O–H groups in total. The molecule has 3 heterocycles. The molecular weight excluding hydrogens is 358 g/mol. The summed E-state index contributed by atoms with van der Waals surface area (Å²) in [5.41, 5.74) is 8.63. The van der Waals surface area contributed by atoms with Gasteiger partial charge in [-0.05, 0) is 31.2 Å². The third-order valence-electron chi connectivity index (χ3n) is 4.26. The van der Waals surface area contributed by atoms with Gasteiger partial charge >= 0.3 is 0 Å². The first kappa shape index (κ1) is 16.0. The van der Waals surface area contributed by atoms with Crippen LogP contribution in [0.25, 0.3) is 27.5 Å². The Morgan fingerprint density at radius 2 is 1.59 bits per heavy atom. The standard InChI is InChI=1S/C19H15N7S/c1-11-21-18-13-7-3-5-9-15(13)23-19(26(18)25-11)27-10-16-22-14-8-4-2-6-12(14)17(20)24-16/h2-9H,10H2,1H3,(H2,20,22,24). The molecule has 3 aromatic heterocycles. The lowest BCUT2D eigenvalue weighted by Gasteiger charge is -2.07. The van der Waals surface area contributed by atoms with Crippen molar-refractivity contribution < 1.29 is 0 Å². The Balaban J connectivity index is 1.56. The molecule has 0 radical (unpaired) electrons. The summed E-state index contributed by atoms with van der Waals surface area (Å²) in [7, 11) is 0. The average molecular weight is 373 g/mol. The maximum Gasteiger partial charge on any atom is 0.192 e. The summed E-state index contributed by atoms with van der Waals surface area (Å²) in [4.78, 5) is 18.4. The zero-order valence-corrected chi connectivity index (χ0v) is 15.3. The molecule has 0 saturated carbocycles. The summed E-state index contributed by atoms with van der Waals surface area (Å²) in [6.07, 6.45) is 0. The fourth-order valence-corrected chi connectivity index (χ4v) is 3.87. The predicted molar refractivity (Wildman–Crippen MR) is 107 cm³/mol. The number of para-hydroxylation sites is 2. The molecule has 0 unspecified atom stereocenters. The van der Waals surface area contributed by atoms with Crippen LogP contribution in [-0.2, 0) is 5.75 Å². The van der Waals surface area contributed by atoms with E-state index in [-0.39, 0.29) is 0 Å². The number of anilines is 1. The van der Waals surface area contributed by atoms with Crippen LogP contribution in [0.1, 0.15) is 11.6 Å². The average Bonchev–Trinajstić information content (AvgIpc) is 3.08. The Hall–Kier alpha value is -3.26. The van der Waals surface area contributed by atoms with Gasteiger partial charge in [0.1, 0.15) is 17.5 Å². The molecule has 132 valence electrons. The molecule has 8 heteroatoms. The monoisotopic (exact) mass is 373 g/mol. The van der Waals surface area contributed by atoms with Crippen LogP contribution in [0.5, 0.6) is 0 Å². The third-order valence-corrected chi connectivity index (χ3v) is 5.19. The van der Waals surface area contributed by atoms with Crippen LogP contribution in [0, 0.1) is 6.92 Å². The zero-order chi connectivity index (χ0) is 18.4. The Bertz CT molecular complexity index is 1310. The lowest BCUT2D eigenvalue weighted by molar-refractivity contribution is 0.796. The van der Waals surface area contributed by atoms with Crippen LogP contribution in [0.15, 0.2) is 53.7 Å². The SMILES string of the molecule is Cc1nc2c3ccccc3nc(SCc3nc(N)c4ccccc4n3)n2n1. The molecule has 0 fully saturated rings. The molecule has 7 nitrogen and oxygen atoms in total.